The van der Waals surface area contributed by atoms with E-state index in [-0.39, 0.29) is 42.7 Å². The summed E-state index contributed by atoms with van der Waals surface area (Å²) in [4.78, 5) is 30.4. The van der Waals surface area contributed by atoms with Crippen LogP contribution in [0.2, 0.25) is 0 Å². The lowest BCUT2D eigenvalue weighted by atomic mass is 9.77. The van der Waals surface area contributed by atoms with Gasteiger partial charge in [0.2, 0.25) is 11.8 Å². The third-order valence-corrected chi connectivity index (χ3v) is 9.28. The van der Waals surface area contributed by atoms with Gasteiger partial charge in [0.05, 0.1) is 29.8 Å². The zero-order chi connectivity index (χ0) is 32.1. The number of amides is 2. The van der Waals surface area contributed by atoms with E-state index in [0.29, 0.717) is 25.8 Å². The highest BCUT2D eigenvalue weighted by Gasteiger charge is 2.47. The largest absolute Gasteiger partial charge is 0.392 e. The Labute approximate surface area is 257 Å². The van der Waals surface area contributed by atoms with Crippen LogP contribution in [0.4, 0.5) is 0 Å². The predicted octanol–water partition coefficient (Wildman–Crippen LogP) is 2.19. The normalized spacial score (nSPS) is 38.9. The van der Waals surface area contributed by atoms with E-state index in [0.717, 1.165) is 5.56 Å². The number of carbonyl (C=O) groups is 2. The number of aliphatic hydroxyl groups is 3. The number of rotatable bonds is 6. The van der Waals surface area contributed by atoms with Crippen molar-refractivity contribution in [3.63, 3.8) is 0 Å². The van der Waals surface area contributed by atoms with Crippen molar-refractivity contribution in [2.45, 2.75) is 115 Å². The second kappa shape index (κ2) is 15.3. The molecule has 43 heavy (non-hydrogen) atoms. The molecule has 2 amide bonds. The van der Waals surface area contributed by atoms with Crippen molar-refractivity contribution in [1.29, 1.82) is 0 Å². The highest BCUT2D eigenvalue weighted by molar-refractivity contribution is 5.81. The van der Waals surface area contributed by atoms with Gasteiger partial charge in [-0.25, -0.2) is 0 Å². The first-order chi connectivity index (χ1) is 20.1. The van der Waals surface area contributed by atoms with Crippen molar-refractivity contribution >= 4 is 11.8 Å². The Bertz CT molecular complexity index is 1040. The summed E-state index contributed by atoms with van der Waals surface area (Å²) < 4.78 is 12.4. The van der Waals surface area contributed by atoms with E-state index >= 15 is 0 Å². The summed E-state index contributed by atoms with van der Waals surface area (Å²) in [5.41, 5.74) is -0.355. The molecule has 3 rings (SSSR count). The molecule has 1 unspecified atom stereocenters. The highest BCUT2D eigenvalue weighted by Crippen LogP contribution is 2.35. The quantitative estimate of drug-likeness (QED) is 0.388. The lowest BCUT2D eigenvalue weighted by molar-refractivity contribution is -0.299. The van der Waals surface area contributed by atoms with E-state index in [4.69, 9.17) is 9.47 Å². The number of likely N-dealkylation sites (N-methyl/N-ethyl adjacent to an activating group) is 1. The second-order valence-corrected chi connectivity index (χ2v) is 13.6. The average Bonchev–Trinajstić information content (AvgIpc) is 2.94. The van der Waals surface area contributed by atoms with E-state index in [1.54, 1.807) is 32.7 Å². The first-order valence-corrected chi connectivity index (χ1v) is 15.7. The Morgan fingerprint density at radius 3 is 2.37 bits per heavy atom. The fourth-order valence-electron chi connectivity index (χ4n) is 6.79. The third kappa shape index (κ3) is 9.45. The molecule has 0 radical (unpaired) electrons. The van der Waals surface area contributed by atoms with Gasteiger partial charge in [0.25, 0.3) is 0 Å². The summed E-state index contributed by atoms with van der Waals surface area (Å²) in [6.45, 7) is 9.34. The van der Waals surface area contributed by atoms with E-state index in [9.17, 15) is 24.9 Å². The van der Waals surface area contributed by atoms with Crippen LogP contribution in [0.5, 0.6) is 0 Å². The number of hydrogen-bond acceptors (Lipinski definition) is 8. The summed E-state index contributed by atoms with van der Waals surface area (Å²) in [6.07, 6.45) is -2.07. The molecular weight excluding hydrogens is 550 g/mol. The van der Waals surface area contributed by atoms with Gasteiger partial charge in [-0.2, -0.15) is 0 Å². The van der Waals surface area contributed by atoms with E-state index in [1.807, 2.05) is 63.2 Å². The van der Waals surface area contributed by atoms with Gasteiger partial charge in [-0.1, -0.05) is 51.1 Å². The molecule has 0 spiro atoms. The fourth-order valence-corrected chi connectivity index (χ4v) is 6.79. The van der Waals surface area contributed by atoms with Crippen LogP contribution < -0.4 is 5.32 Å². The van der Waals surface area contributed by atoms with Crippen molar-refractivity contribution in [2.75, 3.05) is 27.7 Å². The number of hydrogen-bond donors (Lipinski definition) is 4. The summed E-state index contributed by atoms with van der Waals surface area (Å²) >= 11 is 0. The zero-order valence-electron chi connectivity index (χ0n) is 27.3. The third-order valence-electron chi connectivity index (χ3n) is 9.28. The van der Waals surface area contributed by atoms with Crippen molar-refractivity contribution in [1.82, 2.24) is 15.1 Å². The maximum absolute atomic E-state index is 13.5. The summed E-state index contributed by atoms with van der Waals surface area (Å²) in [5.74, 6) is -2.12. The van der Waals surface area contributed by atoms with Gasteiger partial charge in [0, 0.05) is 38.0 Å². The van der Waals surface area contributed by atoms with Gasteiger partial charge in [0.15, 0.2) is 6.29 Å². The number of aliphatic hydroxyl groups excluding tert-OH is 2. The van der Waals surface area contributed by atoms with Crippen LogP contribution in [0.25, 0.3) is 0 Å². The predicted molar refractivity (Wildman–Crippen MR) is 165 cm³/mol. The van der Waals surface area contributed by atoms with Gasteiger partial charge in [0.1, 0.15) is 6.10 Å². The fraction of sp³-hybridized carbons (Fsp3) is 0.758. The first kappa shape index (κ1) is 35.4. The lowest BCUT2D eigenvalue weighted by Gasteiger charge is -2.46. The number of carbonyl (C=O) groups excluding carboxylic acids is 2. The van der Waals surface area contributed by atoms with Crippen LogP contribution >= 0.6 is 0 Å². The Hall–Kier alpha value is -2.08. The minimum atomic E-state index is -1.47. The van der Waals surface area contributed by atoms with Gasteiger partial charge in [-0.3, -0.25) is 9.59 Å². The van der Waals surface area contributed by atoms with Gasteiger partial charge >= 0.3 is 0 Å². The molecule has 1 aromatic rings. The molecule has 2 heterocycles. The number of nitrogens with zero attached hydrogens (tertiary/aromatic N) is 2. The van der Waals surface area contributed by atoms with Crippen molar-refractivity contribution in [2.24, 2.45) is 17.8 Å². The zero-order valence-corrected chi connectivity index (χ0v) is 27.3. The van der Waals surface area contributed by atoms with E-state index in [2.05, 4.69) is 5.32 Å². The highest BCUT2D eigenvalue weighted by atomic mass is 16.7. The smallest absolute Gasteiger partial charge is 0.225 e. The van der Waals surface area contributed by atoms with Crippen molar-refractivity contribution in [3.05, 3.63) is 35.9 Å². The molecule has 11 atom stereocenters. The van der Waals surface area contributed by atoms with Crippen LogP contribution in [-0.4, -0.2) is 113 Å². The van der Waals surface area contributed by atoms with Crippen LogP contribution in [0.3, 0.4) is 0 Å². The molecule has 1 aromatic carbocycles. The molecule has 0 aliphatic carbocycles. The minimum Gasteiger partial charge on any atom is -0.392 e. The van der Waals surface area contributed by atoms with Crippen molar-refractivity contribution < 1.29 is 34.4 Å². The van der Waals surface area contributed by atoms with Crippen LogP contribution in [0.15, 0.2) is 30.3 Å². The molecule has 0 saturated carbocycles. The molecule has 10 nitrogen and oxygen atoms in total. The molecule has 2 aliphatic rings. The number of ether oxygens (including phenoxy) is 2. The molecular formula is C33H55N3O7. The van der Waals surface area contributed by atoms with Crippen LogP contribution in [-0.2, 0) is 25.5 Å². The molecule has 10 heteroatoms. The maximum atomic E-state index is 13.5. The number of nitrogens with one attached hydrogen (secondary N) is 1. The second-order valence-electron chi connectivity index (χ2n) is 13.6. The Morgan fingerprint density at radius 2 is 1.74 bits per heavy atom. The molecule has 2 saturated heterocycles. The number of benzene rings is 1. The van der Waals surface area contributed by atoms with Crippen LogP contribution in [0, 0.1) is 17.8 Å². The number of aryl methyl sites for hydroxylation is 1. The Kier molecular flexibility index (Phi) is 12.6. The maximum Gasteiger partial charge on any atom is 0.225 e. The monoisotopic (exact) mass is 605 g/mol. The Balaban J connectivity index is 1.89. The molecule has 0 bridgehead atoms. The topological polar surface area (TPSA) is 132 Å². The van der Waals surface area contributed by atoms with E-state index < -0.39 is 48.1 Å². The summed E-state index contributed by atoms with van der Waals surface area (Å²) in [6, 6.07) is 9.31. The van der Waals surface area contributed by atoms with Gasteiger partial charge < -0.3 is 39.9 Å². The molecule has 4 N–H and O–H groups in total. The van der Waals surface area contributed by atoms with Gasteiger partial charge in [-0.05, 0) is 65.1 Å². The molecule has 2 aliphatic heterocycles. The Morgan fingerprint density at radius 1 is 1.09 bits per heavy atom. The lowest BCUT2D eigenvalue weighted by Crippen LogP contribution is -2.59. The minimum absolute atomic E-state index is 0.0984. The molecule has 2 fully saturated rings. The average molecular weight is 606 g/mol. The van der Waals surface area contributed by atoms with Crippen molar-refractivity contribution in [3.8, 4) is 0 Å². The standard InChI is InChI=1S/C33H55N3O7/c1-20-18-33(5,41)30(43-32-29(39)26(35(6)7)16-21(2)42-32)22(3)28(38)23(4)31(40)34-25(17-27(37)36(8)19-20)15-14-24-12-10-9-11-13-24/h9-13,20-23,25-26,28-30,32,38-39,41H,14-19H2,1-8H3,(H,34,40)/t20-,21-,22+,23-,25?,26+,28+,29-,30-,32+,33-/m1/s1. The molecule has 244 valence electrons. The van der Waals surface area contributed by atoms with E-state index in [1.165, 1.54) is 0 Å². The SMILES string of the molecule is C[C@H]1CN(C)C(=O)CC(CCc2ccccc2)NC(=O)[C@H](C)[C@@H](O)[C@H](C)[C@@H](O[C@@H]2O[C@H](C)C[C@H](N(C)C)[C@H]2O)[C@](C)(O)C1. The summed E-state index contributed by atoms with van der Waals surface area (Å²) in [7, 11) is 5.52. The van der Waals surface area contributed by atoms with Crippen LogP contribution in [0.1, 0.15) is 65.9 Å². The summed E-state index contributed by atoms with van der Waals surface area (Å²) in [5, 5.41) is 37.6. The molecule has 0 aromatic heterocycles. The first-order valence-electron chi connectivity index (χ1n) is 15.7. The van der Waals surface area contributed by atoms with Gasteiger partial charge in [-0.15, -0.1) is 0 Å².